The minimum atomic E-state index is 0.0976. The van der Waals surface area contributed by atoms with Gasteiger partial charge in [-0.15, -0.1) is 0 Å². The lowest BCUT2D eigenvalue weighted by Gasteiger charge is -2.06. The summed E-state index contributed by atoms with van der Waals surface area (Å²) < 4.78 is 5.06. The monoisotopic (exact) mass is 250 g/mol. The van der Waals surface area contributed by atoms with Crippen LogP contribution in [0.4, 0.5) is 0 Å². The number of nitrogens with one attached hydrogen (secondary N) is 2. The summed E-state index contributed by atoms with van der Waals surface area (Å²) in [4.78, 5) is 11.2. The number of carbonyl (C=O) groups excluding carboxylic acids is 1. The van der Waals surface area contributed by atoms with Gasteiger partial charge in [-0.05, 0) is 18.1 Å². The minimum Gasteiger partial charge on any atom is -0.380 e. The van der Waals surface area contributed by atoms with Gasteiger partial charge in [-0.25, -0.2) is 0 Å². The average Bonchev–Trinajstić information content (AvgIpc) is 2.37. The summed E-state index contributed by atoms with van der Waals surface area (Å²) in [6, 6.07) is 8.27. The Balaban J connectivity index is 2.21. The Labute approximate surface area is 109 Å². The Morgan fingerprint density at radius 3 is 2.50 bits per heavy atom. The normalized spacial score (nSPS) is 10.3. The van der Waals surface area contributed by atoms with Gasteiger partial charge in [0, 0.05) is 33.2 Å². The molecule has 1 amide bonds. The van der Waals surface area contributed by atoms with Crippen LogP contribution in [0, 0.1) is 0 Å². The summed E-state index contributed by atoms with van der Waals surface area (Å²) in [7, 11) is 1.69. The molecule has 1 rings (SSSR count). The highest BCUT2D eigenvalue weighted by Gasteiger charge is 1.99. The third kappa shape index (κ3) is 5.80. The van der Waals surface area contributed by atoms with E-state index in [-0.39, 0.29) is 5.91 Å². The van der Waals surface area contributed by atoms with Crippen LogP contribution in [0.15, 0.2) is 24.3 Å². The molecule has 0 unspecified atom stereocenters. The van der Waals surface area contributed by atoms with Gasteiger partial charge in [0.05, 0.1) is 6.61 Å². The van der Waals surface area contributed by atoms with Gasteiger partial charge in [0.25, 0.3) is 0 Å². The maximum Gasteiger partial charge on any atom is 0.221 e. The van der Waals surface area contributed by atoms with E-state index in [0.29, 0.717) is 26.1 Å². The van der Waals surface area contributed by atoms with Crippen molar-refractivity contribution < 1.29 is 9.53 Å². The molecule has 0 aromatic heterocycles. The number of ether oxygens (including phenoxy) is 1. The lowest BCUT2D eigenvalue weighted by Crippen LogP contribution is -2.27. The van der Waals surface area contributed by atoms with Crippen LogP contribution in [0.5, 0.6) is 0 Å². The second-order valence-corrected chi connectivity index (χ2v) is 4.13. The molecule has 1 aromatic carbocycles. The summed E-state index contributed by atoms with van der Waals surface area (Å²) in [5.74, 6) is 0.0976. The van der Waals surface area contributed by atoms with Crippen molar-refractivity contribution in [1.82, 2.24) is 10.6 Å². The van der Waals surface area contributed by atoms with E-state index >= 15 is 0 Å². The molecule has 0 saturated heterocycles. The van der Waals surface area contributed by atoms with E-state index in [1.54, 1.807) is 7.11 Å². The van der Waals surface area contributed by atoms with Gasteiger partial charge in [0.2, 0.25) is 5.91 Å². The van der Waals surface area contributed by atoms with Gasteiger partial charge in [-0.2, -0.15) is 0 Å². The van der Waals surface area contributed by atoms with Crippen LogP contribution < -0.4 is 10.6 Å². The van der Waals surface area contributed by atoms with Crippen LogP contribution in [0.1, 0.15) is 24.5 Å². The first-order valence-corrected chi connectivity index (χ1v) is 6.30. The molecule has 0 spiro atoms. The van der Waals surface area contributed by atoms with Gasteiger partial charge in [0.1, 0.15) is 0 Å². The zero-order valence-electron chi connectivity index (χ0n) is 11.2. The molecule has 0 aliphatic carbocycles. The van der Waals surface area contributed by atoms with E-state index in [0.717, 1.165) is 6.54 Å². The van der Waals surface area contributed by atoms with Crippen LogP contribution in [-0.4, -0.2) is 26.1 Å². The third-order valence-corrected chi connectivity index (χ3v) is 2.57. The van der Waals surface area contributed by atoms with Crippen LogP contribution >= 0.6 is 0 Å². The highest BCUT2D eigenvalue weighted by atomic mass is 16.5. The predicted molar refractivity (Wildman–Crippen MR) is 72.2 cm³/mol. The Bertz CT molecular complexity index is 349. The fourth-order valence-corrected chi connectivity index (χ4v) is 1.64. The van der Waals surface area contributed by atoms with Crippen molar-refractivity contribution >= 4 is 5.91 Å². The van der Waals surface area contributed by atoms with Crippen molar-refractivity contribution in [2.24, 2.45) is 0 Å². The fraction of sp³-hybridized carbons (Fsp3) is 0.500. The molecular formula is C14H22N2O2. The lowest BCUT2D eigenvalue weighted by molar-refractivity contribution is -0.120. The summed E-state index contributed by atoms with van der Waals surface area (Å²) in [5.41, 5.74) is 2.38. The Morgan fingerprint density at radius 1 is 1.22 bits per heavy atom. The van der Waals surface area contributed by atoms with Crippen LogP contribution in [0.3, 0.4) is 0 Å². The number of hydrogen-bond acceptors (Lipinski definition) is 3. The summed E-state index contributed by atoms with van der Waals surface area (Å²) >= 11 is 0. The molecular weight excluding hydrogens is 228 g/mol. The summed E-state index contributed by atoms with van der Waals surface area (Å²) in [5, 5.41) is 6.02. The molecule has 4 nitrogen and oxygen atoms in total. The van der Waals surface area contributed by atoms with Gasteiger partial charge >= 0.3 is 0 Å². The molecule has 0 radical (unpaired) electrons. The summed E-state index contributed by atoms with van der Waals surface area (Å²) in [6.07, 6.45) is 0.523. The van der Waals surface area contributed by atoms with E-state index < -0.39 is 0 Å². The number of carbonyl (C=O) groups is 1. The number of rotatable bonds is 8. The molecule has 0 fully saturated rings. The molecule has 1 aromatic rings. The molecule has 0 heterocycles. The van der Waals surface area contributed by atoms with Crippen LogP contribution in [-0.2, 0) is 22.7 Å². The van der Waals surface area contributed by atoms with E-state index in [4.69, 9.17) is 4.74 Å². The first-order chi connectivity index (χ1) is 8.76. The van der Waals surface area contributed by atoms with Crippen molar-refractivity contribution in [3.8, 4) is 0 Å². The van der Waals surface area contributed by atoms with E-state index in [2.05, 4.69) is 34.9 Å². The minimum absolute atomic E-state index is 0.0976. The SMILES string of the molecule is CCNC(=O)CCNCc1ccc(COC)cc1. The highest BCUT2D eigenvalue weighted by Crippen LogP contribution is 2.05. The Hall–Kier alpha value is -1.39. The van der Waals surface area contributed by atoms with Crippen molar-refractivity contribution in [1.29, 1.82) is 0 Å². The highest BCUT2D eigenvalue weighted by molar-refractivity contribution is 5.75. The zero-order valence-corrected chi connectivity index (χ0v) is 11.2. The molecule has 18 heavy (non-hydrogen) atoms. The zero-order chi connectivity index (χ0) is 13.2. The quantitative estimate of drug-likeness (QED) is 0.687. The van der Waals surface area contributed by atoms with Crippen molar-refractivity contribution in [3.05, 3.63) is 35.4 Å². The van der Waals surface area contributed by atoms with Gasteiger partial charge in [-0.1, -0.05) is 24.3 Å². The maximum atomic E-state index is 11.2. The second-order valence-electron chi connectivity index (χ2n) is 4.13. The average molecular weight is 250 g/mol. The Morgan fingerprint density at radius 2 is 1.89 bits per heavy atom. The molecule has 0 aliphatic rings. The fourth-order valence-electron chi connectivity index (χ4n) is 1.64. The molecule has 0 bridgehead atoms. The first kappa shape index (κ1) is 14.7. The molecule has 100 valence electrons. The van der Waals surface area contributed by atoms with E-state index in [1.807, 2.05) is 6.92 Å². The largest absolute Gasteiger partial charge is 0.380 e. The number of hydrogen-bond donors (Lipinski definition) is 2. The molecule has 0 aliphatic heterocycles. The lowest BCUT2D eigenvalue weighted by atomic mass is 10.1. The predicted octanol–water partition coefficient (Wildman–Crippen LogP) is 1.45. The molecule has 2 N–H and O–H groups in total. The molecule has 0 saturated carbocycles. The van der Waals surface area contributed by atoms with Gasteiger partial charge in [-0.3, -0.25) is 4.79 Å². The van der Waals surface area contributed by atoms with Crippen molar-refractivity contribution in [3.63, 3.8) is 0 Å². The van der Waals surface area contributed by atoms with Gasteiger partial charge in [0.15, 0.2) is 0 Å². The second kappa shape index (κ2) is 8.66. The maximum absolute atomic E-state index is 11.2. The first-order valence-electron chi connectivity index (χ1n) is 6.30. The van der Waals surface area contributed by atoms with Crippen molar-refractivity contribution in [2.45, 2.75) is 26.5 Å². The standard InChI is InChI=1S/C14H22N2O2/c1-3-16-14(17)8-9-15-10-12-4-6-13(7-5-12)11-18-2/h4-7,15H,3,8-11H2,1-2H3,(H,16,17). The van der Waals surface area contributed by atoms with Gasteiger partial charge < -0.3 is 15.4 Å². The summed E-state index contributed by atoms with van der Waals surface area (Å²) in [6.45, 7) is 4.75. The van der Waals surface area contributed by atoms with Crippen molar-refractivity contribution in [2.75, 3.05) is 20.2 Å². The van der Waals surface area contributed by atoms with Crippen LogP contribution in [0.25, 0.3) is 0 Å². The number of benzene rings is 1. The number of amides is 1. The van der Waals surface area contributed by atoms with E-state index in [1.165, 1.54) is 11.1 Å². The molecule has 0 atom stereocenters. The van der Waals surface area contributed by atoms with E-state index in [9.17, 15) is 4.79 Å². The number of methoxy groups -OCH3 is 1. The topological polar surface area (TPSA) is 50.4 Å². The van der Waals surface area contributed by atoms with Crippen LogP contribution in [0.2, 0.25) is 0 Å². The Kier molecular flexibility index (Phi) is 7.06. The smallest absolute Gasteiger partial charge is 0.221 e. The third-order valence-electron chi connectivity index (χ3n) is 2.57. The molecule has 4 heteroatoms.